The zero-order valence-corrected chi connectivity index (χ0v) is 25.7. The predicted molar refractivity (Wildman–Crippen MR) is 177 cm³/mol. The molecule has 5 heteroatoms. The van der Waals surface area contributed by atoms with Crippen molar-refractivity contribution in [2.24, 2.45) is 5.92 Å². The van der Waals surface area contributed by atoms with Crippen molar-refractivity contribution in [2.75, 3.05) is 33.2 Å². The Morgan fingerprint density at radius 1 is 0.600 bits per heavy atom. The van der Waals surface area contributed by atoms with Crippen molar-refractivity contribution in [2.45, 2.75) is 24.0 Å². The highest BCUT2D eigenvalue weighted by molar-refractivity contribution is 5.49. The number of halogens is 2. The van der Waals surface area contributed by atoms with Gasteiger partial charge < -0.3 is 10.0 Å². The number of hydrogen-bond donors (Lipinski definition) is 1. The smallest absolute Gasteiger partial charge is 0.123 e. The van der Waals surface area contributed by atoms with Gasteiger partial charge in [-0.15, -0.1) is 0 Å². The number of benzene rings is 5. The molecule has 5 aromatic carbocycles. The second-order valence-corrected chi connectivity index (χ2v) is 12.1. The molecule has 45 heavy (non-hydrogen) atoms. The van der Waals surface area contributed by atoms with E-state index in [1.165, 1.54) is 41.0 Å². The van der Waals surface area contributed by atoms with Crippen LogP contribution in [0.4, 0.5) is 8.78 Å². The summed E-state index contributed by atoms with van der Waals surface area (Å²) >= 11 is 0. The molecule has 1 fully saturated rings. The largest absolute Gasteiger partial charge is 0.380 e. The van der Waals surface area contributed by atoms with Gasteiger partial charge >= 0.3 is 0 Å². The number of rotatable bonds is 10. The highest BCUT2D eigenvalue weighted by Gasteiger charge is 2.43. The molecule has 0 saturated carbocycles. The van der Waals surface area contributed by atoms with Gasteiger partial charge in [-0.3, -0.25) is 4.90 Å². The van der Waals surface area contributed by atoms with Gasteiger partial charge in [-0.25, -0.2) is 8.78 Å². The first-order chi connectivity index (χ1) is 21.9. The van der Waals surface area contributed by atoms with Gasteiger partial charge in [-0.1, -0.05) is 115 Å². The second-order valence-electron chi connectivity index (χ2n) is 12.1. The fourth-order valence-corrected chi connectivity index (χ4v) is 7.28. The third kappa shape index (κ3) is 6.08. The van der Waals surface area contributed by atoms with Crippen LogP contribution in [0.3, 0.4) is 0 Å². The normalized spacial score (nSPS) is 15.0. The van der Waals surface area contributed by atoms with Crippen LogP contribution < -0.4 is 0 Å². The molecule has 1 aliphatic heterocycles. The molecule has 0 radical (unpaired) electrons. The number of likely N-dealkylation sites (tertiary alicyclic amines) is 1. The molecule has 1 N–H and O–H groups in total. The maximum atomic E-state index is 13.8. The van der Waals surface area contributed by atoms with Crippen LogP contribution in [0.5, 0.6) is 0 Å². The van der Waals surface area contributed by atoms with E-state index in [0.29, 0.717) is 11.1 Å². The Morgan fingerprint density at radius 2 is 0.978 bits per heavy atom. The first kappa shape index (κ1) is 30.8. The summed E-state index contributed by atoms with van der Waals surface area (Å²) in [6, 6.07) is 44.3. The van der Waals surface area contributed by atoms with Crippen molar-refractivity contribution in [1.82, 2.24) is 9.80 Å². The molecule has 3 nitrogen and oxygen atoms in total. The van der Waals surface area contributed by atoms with Crippen LogP contribution in [0.25, 0.3) is 0 Å². The van der Waals surface area contributed by atoms with E-state index >= 15 is 0 Å². The van der Waals surface area contributed by atoms with E-state index in [0.717, 1.165) is 39.0 Å². The summed E-state index contributed by atoms with van der Waals surface area (Å²) in [6.45, 7) is 3.32. The lowest BCUT2D eigenvalue weighted by molar-refractivity contribution is -0.0156. The highest BCUT2D eigenvalue weighted by Crippen LogP contribution is 2.43. The fourth-order valence-electron chi connectivity index (χ4n) is 7.28. The van der Waals surface area contributed by atoms with Crippen molar-refractivity contribution in [3.8, 4) is 0 Å². The molecule has 1 aliphatic rings. The van der Waals surface area contributed by atoms with E-state index in [4.69, 9.17) is 0 Å². The van der Waals surface area contributed by atoms with E-state index in [1.54, 1.807) is 24.3 Å². The fraction of sp³-hybridized carbons (Fsp3) is 0.250. The van der Waals surface area contributed by atoms with Crippen LogP contribution in [-0.4, -0.2) is 48.1 Å². The minimum absolute atomic E-state index is 0.0977. The maximum absolute atomic E-state index is 13.8. The summed E-state index contributed by atoms with van der Waals surface area (Å²) < 4.78 is 27.7. The molecule has 1 saturated heterocycles. The van der Waals surface area contributed by atoms with Crippen LogP contribution in [0.2, 0.25) is 0 Å². The Hall–Kier alpha value is -4.16. The van der Waals surface area contributed by atoms with E-state index < -0.39 is 11.1 Å². The minimum atomic E-state index is -1.34. The van der Waals surface area contributed by atoms with Crippen molar-refractivity contribution < 1.29 is 13.9 Å². The number of piperidine rings is 1. The molecule has 5 aromatic rings. The van der Waals surface area contributed by atoms with Crippen LogP contribution in [0, 0.1) is 17.6 Å². The molecular formula is C40H40F2N2O. The van der Waals surface area contributed by atoms with Gasteiger partial charge in [-0.2, -0.15) is 0 Å². The molecule has 0 aromatic heterocycles. The first-order valence-electron chi connectivity index (χ1n) is 15.8. The Labute approximate surface area is 265 Å². The Morgan fingerprint density at radius 3 is 1.36 bits per heavy atom. The number of likely N-dealkylation sites (N-methyl/N-ethyl adjacent to an activating group) is 1. The van der Waals surface area contributed by atoms with Gasteiger partial charge in [0.25, 0.3) is 0 Å². The lowest BCUT2D eigenvalue weighted by Crippen LogP contribution is -2.50. The van der Waals surface area contributed by atoms with Gasteiger partial charge in [0.1, 0.15) is 17.2 Å². The van der Waals surface area contributed by atoms with Gasteiger partial charge in [0, 0.05) is 13.1 Å². The van der Waals surface area contributed by atoms with Crippen LogP contribution in [0.15, 0.2) is 140 Å². The van der Waals surface area contributed by atoms with Gasteiger partial charge in [0.2, 0.25) is 0 Å². The lowest BCUT2D eigenvalue weighted by Gasteiger charge is -2.45. The summed E-state index contributed by atoms with van der Waals surface area (Å²) in [7, 11) is 2.21. The topological polar surface area (TPSA) is 26.7 Å². The van der Waals surface area contributed by atoms with Crippen molar-refractivity contribution in [3.63, 3.8) is 0 Å². The van der Waals surface area contributed by atoms with Crippen LogP contribution in [0.1, 0.15) is 40.7 Å². The molecule has 0 unspecified atom stereocenters. The molecule has 0 bridgehead atoms. The van der Waals surface area contributed by atoms with E-state index in [9.17, 15) is 13.9 Å². The highest BCUT2D eigenvalue weighted by atomic mass is 19.1. The minimum Gasteiger partial charge on any atom is -0.380 e. The average molecular weight is 603 g/mol. The molecule has 0 aliphatic carbocycles. The van der Waals surface area contributed by atoms with Gasteiger partial charge in [0.15, 0.2) is 0 Å². The SMILES string of the molecule is CN(CCN1CCC(C(O)(c2ccc(F)cc2)c2ccc(F)cc2)CC1)C(c1ccccc1)(c1ccccc1)c1ccccc1. The number of aliphatic hydroxyl groups is 1. The summed E-state index contributed by atoms with van der Waals surface area (Å²) in [5.74, 6) is -0.798. The zero-order valence-electron chi connectivity index (χ0n) is 25.7. The van der Waals surface area contributed by atoms with E-state index in [-0.39, 0.29) is 17.6 Å². The van der Waals surface area contributed by atoms with Crippen LogP contribution in [-0.2, 0) is 11.1 Å². The average Bonchev–Trinajstić information content (AvgIpc) is 3.10. The standard InChI is InChI=1S/C40H40F2N2O/c1-43(39(31-11-5-2-6-12-31,32-13-7-3-8-14-32)33-15-9-4-10-16-33)29-30-44-27-25-36(26-28-44)40(45,34-17-21-37(41)22-18-34)35-19-23-38(42)24-20-35/h2-24,36,45H,25-30H2,1H3. The summed E-state index contributed by atoms with van der Waals surface area (Å²) in [6.07, 6.45) is 1.52. The van der Waals surface area contributed by atoms with Crippen molar-refractivity contribution in [3.05, 3.63) is 179 Å². The second kappa shape index (κ2) is 13.5. The van der Waals surface area contributed by atoms with E-state index in [1.807, 2.05) is 0 Å². The first-order valence-corrected chi connectivity index (χ1v) is 15.8. The number of nitrogens with zero attached hydrogens (tertiary/aromatic N) is 2. The summed E-state index contributed by atoms with van der Waals surface area (Å²) in [5, 5.41) is 12.3. The predicted octanol–water partition coefficient (Wildman–Crippen LogP) is 7.84. The molecule has 6 rings (SSSR count). The number of hydrogen-bond acceptors (Lipinski definition) is 3. The van der Waals surface area contributed by atoms with Gasteiger partial charge in [-0.05, 0) is 91.0 Å². The molecule has 230 valence electrons. The third-order valence-electron chi connectivity index (χ3n) is 9.65. The lowest BCUT2D eigenvalue weighted by atomic mass is 9.72. The van der Waals surface area contributed by atoms with E-state index in [2.05, 4.69) is 108 Å². The third-order valence-corrected chi connectivity index (χ3v) is 9.65. The monoisotopic (exact) mass is 602 g/mol. The Bertz CT molecular complexity index is 1490. The molecular weight excluding hydrogens is 562 g/mol. The maximum Gasteiger partial charge on any atom is 0.123 e. The molecule has 1 heterocycles. The Balaban J connectivity index is 1.24. The molecule has 0 atom stereocenters. The molecule has 0 spiro atoms. The van der Waals surface area contributed by atoms with Crippen molar-refractivity contribution >= 4 is 0 Å². The summed E-state index contributed by atoms with van der Waals surface area (Å²) in [5.41, 5.74) is 3.09. The van der Waals surface area contributed by atoms with Crippen LogP contribution >= 0.6 is 0 Å². The van der Waals surface area contributed by atoms with Crippen molar-refractivity contribution in [1.29, 1.82) is 0 Å². The Kier molecular flexibility index (Phi) is 9.22. The quantitative estimate of drug-likeness (QED) is 0.165. The summed E-state index contributed by atoms with van der Waals surface area (Å²) in [4.78, 5) is 4.93. The van der Waals surface area contributed by atoms with Gasteiger partial charge in [0.05, 0.1) is 5.54 Å². The molecule has 0 amide bonds. The zero-order chi connectivity index (χ0) is 31.3.